The predicted octanol–water partition coefficient (Wildman–Crippen LogP) is 2.35. The molecular weight excluding hydrogens is 202 g/mol. The zero-order valence-corrected chi connectivity index (χ0v) is 11.5. The molecule has 0 aliphatic heterocycles. The maximum absolute atomic E-state index is 11.1. The molecule has 0 aromatic carbocycles. The van der Waals surface area contributed by atoms with Crippen LogP contribution in [0.15, 0.2) is 0 Å². The summed E-state index contributed by atoms with van der Waals surface area (Å²) in [4.78, 5) is 13.5. The van der Waals surface area contributed by atoms with Crippen LogP contribution < -0.4 is 0 Å². The van der Waals surface area contributed by atoms with Crippen molar-refractivity contribution in [3.05, 3.63) is 0 Å². The van der Waals surface area contributed by atoms with E-state index in [1.165, 1.54) is 0 Å². The second-order valence-electron chi connectivity index (χ2n) is 4.85. The molecule has 0 spiro atoms. The van der Waals surface area contributed by atoms with Crippen molar-refractivity contribution >= 4 is 6.29 Å². The summed E-state index contributed by atoms with van der Waals surface area (Å²) in [5, 5.41) is 0. The molecule has 96 valence electrons. The molecule has 0 radical (unpaired) electrons. The summed E-state index contributed by atoms with van der Waals surface area (Å²) in [7, 11) is 1.72. The number of rotatable bonds is 9. The topological polar surface area (TPSA) is 29.5 Å². The predicted molar refractivity (Wildman–Crippen MR) is 67.7 cm³/mol. The third-order valence-electron chi connectivity index (χ3n) is 3.45. The number of carbonyl (C=O) groups excluding carboxylic acids is 1. The van der Waals surface area contributed by atoms with Crippen LogP contribution in [0, 0.1) is 5.41 Å². The van der Waals surface area contributed by atoms with Gasteiger partial charge >= 0.3 is 0 Å². The molecule has 2 unspecified atom stereocenters. The first kappa shape index (κ1) is 15.6. The van der Waals surface area contributed by atoms with Crippen molar-refractivity contribution in [1.82, 2.24) is 4.90 Å². The lowest BCUT2D eigenvalue weighted by molar-refractivity contribution is -0.117. The average Bonchev–Trinajstić information content (AvgIpc) is 2.33. The van der Waals surface area contributed by atoms with Crippen LogP contribution in [0.3, 0.4) is 0 Å². The fourth-order valence-electron chi connectivity index (χ4n) is 1.62. The third kappa shape index (κ3) is 5.08. The molecule has 0 aromatic rings. The molecule has 0 saturated carbocycles. The van der Waals surface area contributed by atoms with Gasteiger partial charge in [0.1, 0.15) is 6.29 Å². The standard InChI is InChI=1S/C13H27NO2/c1-6-12(3)14(8-9-16-5)10-13(4,7-2)11-15/h11-12H,6-10H2,1-5H3. The molecule has 0 aromatic heterocycles. The van der Waals surface area contributed by atoms with Crippen LogP contribution >= 0.6 is 0 Å². The van der Waals surface area contributed by atoms with Gasteiger partial charge in [0.25, 0.3) is 0 Å². The maximum Gasteiger partial charge on any atom is 0.127 e. The normalized spacial score (nSPS) is 17.1. The van der Waals surface area contributed by atoms with Gasteiger partial charge in [0.05, 0.1) is 6.61 Å². The van der Waals surface area contributed by atoms with E-state index in [-0.39, 0.29) is 5.41 Å². The van der Waals surface area contributed by atoms with Crippen LogP contribution in [0.25, 0.3) is 0 Å². The van der Waals surface area contributed by atoms with Crippen LogP contribution in [0.1, 0.15) is 40.5 Å². The highest BCUT2D eigenvalue weighted by atomic mass is 16.5. The van der Waals surface area contributed by atoms with Crippen molar-refractivity contribution in [3.8, 4) is 0 Å². The van der Waals surface area contributed by atoms with Crippen molar-refractivity contribution in [1.29, 1.82) is 0 Å². The van der Waals surface area contributed by atoms with E-state index >= 15 is 0 Å². The van der Waals surface area contributed by atoms with Crippen LogP contribution in [-0.2, 0) is 9.53 Å². The largest absolute Gasteiger partial charge is 0.383 e. The van der Waals surface area contributed by atoms with E-state index in [9.17, 15) is 4.79 Å². The lowest BCUT2D eigenvalue weighted by Crippen LogP contribution is -2.43. The van der Waals surface area contributed by atoms with E-state index in [4.69, 9.17) is 4.74 Å². The van der Waals surface area contributed by atoms with Gasteiger partial charge < -0.3 is 9.53 Å². The van der Waals surface area contributed by atoms with Crippen molar-refractivity contribution in [2.45, 2.75) is 46.6 Å². The molecule has 3 nitrogen and oxygen atoms in total. The number of nitrogens with zero attached hydrogens (tertiary/aromatic N) is 1. The number of ether oxygens (including phenoxy) is 1. The molecule has 0 rings (SSSR count). The van der Waals surface area contributed by atoms with Gasteiger partial charge in [0.15, 0.2) is 0 Å². The highest BCUT2D eigenvalue weighted by Crippen LogP contribution is 2.21. The number of hydrogen-bond acceptors (Lipinski definition) is 3. The van der Waals surface area contributed by atoms with Gasteiger partial charge in [-0.1, -0.05) is 20.8 Å². The van der Waals surface area contributed by atoms with Crippen molar-refractivity contribution in [2.75, 3.05) is 26.8 Å². The minimum absolute atomic E-state index is 0.225. The smallest absolute Gasteiger partial charge is 0.127 e. The summed E-state index contributed by atoms with van der Waals surface area (Å²) >= 11 is 0. The lowest BCUT2D eigenvalue weighted by Gasteiger charge is -2.34. The van der Waals surface area contributed by atoms with E-state index in [1.807, 2.05) is 6.92 Å². The van der Waals surface area contributed by atoms with Gasteiger partial charge in [-0.25, -0.2) is 0 Å². The monoisotopic (exact) mass is 229 g/mol. The zero-order chi connectivity index (χ0) is 12.6. The summed E-state index contributed by atoms with van der Waals surface area (Å²) in [6.45, 7) is 10.9. The summed E-state index contributed by atoms with van der Waals surface area (Å²) in [5.41, 5.74) is -0.225. The van der Waals surface area contributed by atoms with Crippen LogP contribution in [0.5, 0.6) is 0 Å². The Morgan fingerprint density at radius 1 is 1.44 bits per heavy atom. The Kier molecular flexibility index (Phi) is 7.60. The number of aldehydes is 1. The van der Waals surface area contributed by atoms with Crippen LogP contribution in [0.2, 0.25) is 0 Å². The van der Waals surface area contributed by atoms with E-state index in [1.54, 1.807) is 7.11 Å². The Hall–Kier alpha value is -0.410. The SMILES string of the molecule is CCC(C)N(CCOC)CC(C)(C=O)CC. The number of hydrogen-bond donors (Lipinski definition) is 0. The van der Waals surface area contributed by atoms with Crippen molar-refractivity contribution in [3.63, 3.8) is 0 Å². The Morgan fingerprint density at radius 2 is 2.06 bits per heavy atom. The van der Waals surface area contributed by atoms with Gasteiger partial charge in [-0.2, -0.15) is 0 Å². The summed E-state index contributed by atoms with van der Waals surface area (Å²) in [6.07, 6.45) is 3.08. The van der Waals surface area contributed by atoms with Gasteiger partial charge in [-0.05, 0) is 19.8 Å². The highest BCUT2D eigenvalue weighted by Gasteiger charge is 2.26. The average molecular weight is 229 g/mol. The molecule has 0 saturated heterocycles. The minimum atomic E-state index is -0.225. The van der Waals surface area contributed by atoms with E-state index in [2.05, 4.69) is 25.7 Å². The molecule has 2 atom stereocenters. The number of methoxy groups -OCH3 is 1. The molecule has 16 heavy (non-hydrogen) atoms. The molecule has 0 bridgehead atoms. The highest BCUT2D eigenvalue weighted by molar-refractivity contribution is 5.58. The zero-order valence-electron chi connectivity index (χ0n) is 11.5. The van der Waals surface area contributed by atoms with Crippen molar-refractivity contribution < 1.29 is 9.53 Å². The van der Waals surface area contributed by atoms with Gasteiger partial charge in [0.2, 0.25) is 0 Å². The fraction of sp³-hybridized carbons (Fsp3) is 0.923. The molecule has 3 heteroatoms. The molecule has 0 heterocycles. The molecule has 0 aliphatic rings. The quantitative estimate of drug-likeness (QED) is 0.568. The van der Waals surface area contributed by atoms with Crippen molar-refractivity contribution in [2.24, 2.45) is 5.41 Å². The Balaban J connectivity index is 4.45. The molecular formula is C13H27NO2. The second-order valence-corrected chi connectivity index (χ2v) is 4.85. The first-order valence-corrected chi connectivity index (χ1v) is 6.22. The molecule has 0 fully saturated rings. The summed E-state index contributed by atoms with van der Waals surface area (Å²) < 4.78 is 5.12. The van der Waals surface area contributed by atoms with Gasteiger partial charge in [-0.15, -0.1) is 0 Å². The first-order chi connectivity index (χ1) is 7.52. The van der Waals surface area contributed by atoms with Gasteiger partial charge in [-0.3, -0.25) is 4.90 Å². The Morgan fingerprint density at radius 3 is 2.44 bits per heavy atom. The van der Waals surface area contributed by atoms with Gasteiger partial charge in [0, 0.05) is 31.7 Å². The summed E-state index contributed by atoms with van der Waals surface area (Å²) in [6, 6.07) is 0.501. The maximum atomic E-state index is 11.1. The number of carbonyl (C=O) groups is 1. The molecule has 0 aliphatic carbocycles. The summed E-state index contributed by atoms with van der Waals surface area (Å²) in [5.74, 6) is 0. The van der Waals surface area contributed by atoms with Crippen LogP contribution in [0.4, 0.5) is 0 Å². The second kappa shape index (κ2) is 7.80. The van der Waals surface area contributed by atoms with Crippen LogP contribution in [-0.4, -0.2) is 44.0 Å². The lowest BCUT2D eigenvalue weighted by atomic mass is 9.88. The molecule has 0 N–H and O–H groups in total. The fourth-order valence-corrected chi connectivity index (χ4v) is 1.62. The molecule has 0 amide bonds. The third-order valence-corrected chi connectivity index (χ3v) is 3.45. The Bertz CT molecular complexity index is 196. The van der Waals surface area contributed by atoms with E-state index in [0.717, 1.165) is 38.8 Å². The first-order valence-electron chi connectivity index (χ1n) is 6.22. The van der Waals surface area contributed by atoms with E-state index < -0.39 is 0 Å². The minimum Gasteiger partial charge on any atom is -0.383 e. The Labute approximate surface area is 100 Å². The van der Waals surface area contributed by atoms with E-state index in [0.29, 0.717) is 6.04 Å².